The molecule has 50 heavy (non-hydrogen) atoms. The molecule has 1 nitrogen and oxygen atoms in total. The van der Waals surface area contributed by atoms with Crippen molar-refractivity contribution < 1.29 is 0 Å². The summed E-state index contributed by atoms with van der Waals surface area (Å²) in [6.45, 7) is 4.71. The van der Waals surface area contributed by atoms with Crippen molar-refractivity contribution in [1.82, 2.24) is 0 Å². The van der Waals surface area contributed by atoms with Gasteiger partial charge in [-0.05, 0) is 102 Å². The lowest BCUT2D eigenvalue weighted by Gasteiger charge is -2.29. The molecule has 0 spiro atoms. The fourth-order valence-electron chi connectivity index (χ4n) is 8.66. The average Bonchev–Trinajstić information content (AvgIpc) is 3.62. The summed E-state index contributed by atoms with van der Waals surface area (Å²) in [4.78, 5) is 2.46. The van der Waals surface area contributed by atoms with Crippen molar-refractivity contribution in [2.75, 3.05) is 4.90 Å². The Hall–Kier alpha value is -6.18. The van der Waals surface area contributed by atoms with Crippen molar-refractivity contribution in [3.8, 4) is 55.6 Å². The van der Waals surface area contributed by atoms with Crippen molar-refractivity contribution >= 4 is 27.8 Å². The Bertz CT molecular complexity index is 2580. The first kappa shape index (κ1) is 28.8. The number of hydrogen-bond acceptors (Lipinski definition) is 1. The summed E-state index contributed by atoms with van der Waals surface area (Å²) in [5, 5.41) is 2.65. The molecule has 0 saturated heterocycles. The Morgan fingerprint density at radius 3 is 1.76 bits per heavy atom. The monoisotopic (exact) mass is 637 g/mol. The van der Waals surface area contributed by atoms with Crippen LogP contribution in [0.25, 0.3) is 66.4 Å². The average molecular weight is 638 g/mol. The van der Waals surface area contributed by atoms with Crippen molar-refractivity contribution in [3.05, 3.63) is 187 Å². The molecule has 8 aromatic rings. The molecule has 0 N–H and O–H groups in total. The third-order valence-electron chi connectivity index (χ3n) is 11.0. The van der Waals surface area contributed by atoms with Gasteiger partial charge in [-0.2, -0.15) is 0 Å². The van der Waals surface area contributed by atoms with Crippen LogP contribution in [-0.4, -0.2) is 0 Å². The lowest BCUT2D eigenvalue weighted by atomic mass is 9.82. The van der Waals surface area contributed by atoms with Crippen LogP contribution in [0.2, 0.25) is 0 Å². The highest BCUT2D eigenvalue weighted by Crippen LogP contribution is 2.55. The highest BCUT2D eigenvalue weighted by molar-refractivity contribution is 6.18. The number of anilines is 3. The van der Waals surface area contributed by atoms with Crippen LogP contribution in [0.1, 0.15) is 25.0 Å². The Morgan fingerprint density at radius 1 is 0.380 bits per heavy atom. The lowest BCUT2D eigenvalue weighted by Crippen LogP contribution is -2.16. The second-order valence-electron chi connectivity index (χ2n) is 14.1. The normalized spacial score (nSPS) is 13.2. The Kier molecular flexibility index (Phi) is 6.29. The van der Waals surface area contributed by atoms with Crippen molar-refractivity contribution in [1.29, 1.82) is 0 Å². The molecule has 0 atom stereocenters. The topological polar surface area (TPSA) is 3.24 Å². The highest BCUT2D eigenvalue weighted by Gasteiger charge is 2.37. The van der Waals surface area contributed by atoms with Gasteiger partial charge in [0, 0.05) is 22.4 Å². The molecule has 1 heteroatoms. The molecule has 0 heterocycles. The number of fused-ring (bicyclic) bond motifs is 6. The maximum absolute atomic E-state index is 2.46. The van der Waals surface area contributed by atoms with E-state index in [4.69, 9.17) is 0 Å². The zero-order valence-corrected chi connectivity index (χ0v) is 28.2. The molecule has 0 unspecified atom stereocenters. The summed E-state index contributed by atoms with van der Waals surface area (Å²) in [7, 11) is 0. The van der Waals surface area contributed by atoms with Gasteiger partial charge in [0.2, 0.25) is 0 Å². The summed E-state index contributed by atoms with van der Waals surface area (Å²) in [6, 6.07) is 64.8. The minimum absolute atomic E-state index is 0.0885. The van der Waals surface area contributed by atoms with Crippen LogP contribution in [0, 0.1) is 0 Å². The zero-order valence-electron chi connectivity index (χ0n) is 28.2. The van der Waals surface area contributed by atoms with E-state index in [2.05, 4.69) is 195 Å². The van der Waals surface area contributed by atoms with E-state index in [1.165, 1.54) is 83.2 Å². The molecule has 236 valence electrons. The van der Waals surface area contributed by atoms with E-state index in [0.717, 1.165) is 11.4 Å². The first-order chi connectivity index (χ1) is 24.6. The molecule has 0 fully saturated rings. The van der Waals surface area contributed by atoms with Crippen LogP contribution in [0.3, 0.4) is 0 Å². The molecule has 0 bridgehead atoms. The first-order valence-electron chi connectivity index (χ1n) is 17.5. The molecule has 0 amide bonds. The molecule has 2 aliphatic carbocycles. The summed E-state index contributed by atoms with van der Waals surface area (Å²) < 4.78 is 0. The van der Waals surface area contributed by atoms with E-state index in [-0.39, 0.29) is 5.41 Å². The molecule has 0 saturated carbocycles. The fourth-order valence-corrected chi connectivity index (χ4v) is 8.66. The summed E-state index contributed by atoms with van der Waals surface area (Å²) >= 11 is 0. The van der Waals surface area contributed by atoms with E-state index in [1.54, 1.807) is 0 Å². The lowest BCUT2D eigenvalue weighted by molar-refractivity contribution is 0.660. The van der Waals surface area contributed by atoms with Gasteiger partial charge in [-0.3, -0.25) is 0 Å². The predicted molar refractivity (Wildman–Crippen MR) is 211 cm³/mol. The second kappa shape index (κ2) is 10.9. The van der Waals surface area contributed by atoms with Gasteiger partial charge >= 0.3 is 0 Å². The SMILES string of the molecule is CC1(C)c2ccccc2-c2c(N(c3ccc(-c4ccccc4)cc3)c3cccc(-c4ccc5c6c(cccc46)-c4ccccc4-5)c3)cccc21. The van der Waals surface area contributed by atoms with Gasteiger partial charge in [-0.25, -0.2) is 0 Å². The van der Waals surface area contributed by atoms with Crippen LogP contribution in [0.5, 0.6) is 0 Å². The van der Waals surface area contributed by atoms with Crippen molar-refractivity contribution in [2.45, 2.75) is 19.3 Å². The molecule has 2 aliphatic rings. The highest BCUT2D eigenvalue weighted by atomic mass is 15.1. The summed E-state index contributed by atoms with van der Waals surface area (Å²) in [5.41, 5.74) is 18.9. The molecule has 8 aromatic carbocycles. The van der Waals surface area contributed by atoms with Crippen molar-refractivity contribution in [2.24, 2.45) is 0 Å². The molecular formula is C49H35N. The molecule has 0 aromatic heterocycles. The van der Waals surface area contributed by atoms with Gasteiger partial charge in [0.15, 0.2) is 0 Å². The minimum atomic E-state index is -0.0885. The Labute approximate surface area is 293 Å². The summed E-state index contributed by atoms with van der Waals surface area (Å²) in [6.07, 6.45) is 0. The van der Waals surface area contributed by atoms with Gasteiger partial charge < -0.3 is 4.90 Å². The number of benzene rings is 8. The third kappa shape index (κ3) is 4.20. The molecule has 0 aliphatic heterocycles. The van der Waals surface area contributed by atoms with E-state index >= 15 is 0 Å². The van der Waals surface area contributed by atoms with E-state index in [9.17, 15) is 0 Å². The predicted octanol–water partition coefficient (Wildman–Crippen LogP) is 13.6. The minimum Gasteiger partial charge on any atom is -0.310 e. The van der Waals surface area contributed by atoms with Gasteiger partial charge in [-0.1, -0.05) is 159 Å². The maximum Gasteiger partial charge on any atom is 0.0543 e. The first-order valence-corrected chi connectivity index (χ1v) is 17.5. The second-order valence-corrected chi connectivity index (χ2v) is 14.1. The number of nitrogens with zero attached hydrogens (tertiary/aromatic N) is 1. The van der Waals surface area contributed by atoms with Crippen LogP contribution in [0.15, 0.2) is 176 Å². The molecule has 0 radical (unpaired) electrons. The number of hydrogen-bond donors (Lipinski definition) is 0. The maximum atomic E-state index is 2.46. The van der Waals surface area contributed by atoms with Gasteiger partial charge in [0.25, 0.3) is 0 Å². The van der Waals surface area contributed by atoms with Crippen LogP contribution in [0.4, 0.5) is 17.1 Å². The van der Waals surface area contributed by atoms with Gasteiger partial charge in [-0.15, -0.1) is 0 Å². The number of rotatable bonds is 5. The van der Waals surface area contributed by atoms with E-state index < -0.39 is 0 Å². The molecular weight excluding hydrogens is 603 g/mol. The van der Waals surface area contributed by atoms with Crippen LogP contribution >= 0.6 is 0 Å². The third-order valence-corrected chi connectivity index (χ3v) is 11.0. The standard InChI is InChI=1S/C49H35N/c1-49(2)44-22-9-8-19-43(44)48-45(49)23-12-24-46(48)50(35-27-25-33(26-28-35)32-13-4-3-5-14-32)36-16-10-15-34(31-36)37-29-30-42-39-18-7-6-17-38(39)41-21-11-20-40(37)47(41)42/h3-31H,1-2H3. The van der Waals surface area contributed by atoms with Gasteiger partial charge in [0.05, 0.1) is 5.69 Å². The largest absolute Gasteiger partial charge is 0.310 e. The quantitative estimate of drug-likeness (QED) is 0.181. The fraction of sp³-hybridized carbons (Fsp3) is 0.0612. The van der Waals surface area contributed by atoms with Gasteiger partial charge in [0.1, 0.15) is 0 Å². The van der Waals surface area contributed by atoms with E-state index in [1.807, 2.05) is 0 Å². The van der Waals surface area contributed by atoms with E-state index in [0.29, 0.717) is 0 Å². The zero-order chi connectivity index (χ0) is 33.4. The Morgan fingerprint density at radius 2 is 0.960 bits per heavy atom. The smallest absolute Gasteiger partial charge is 0.0543 e. The van der Waals surface area contributed by atoms with Crippen molar-refractivity contribution in [3.63, 3.8) is 0 Å². The summed E-state index contributed by atoms with van der Waals surface area (Å²) in [5.74, 6) is 0. The molecule has 10 rings (SSSR count). The van der Waals surface area contributed by atoms with Crippen LogP contribution < -0.4 is 4.90 Å². The van der Waals surface area contributed by atoms with Crippen LogP contribution in [-0.2, 0) is 5.41 Å². The Balaban J connectivity index is 1.17.